The van der Waals surface area contributed by atoms with Crippen LogP contribution < -0.4 is 35.9 Å². The summed E-state index contributed by atoms with van der Waals surface area (Å²) < 4.78 is 29.1. The molecule has 1 aromatic carbocycles. The molecule has 2 aromatic rings. The number of aromatic nitrogens is 1. The van der Waals surface area contributed by atoms with E-state index in [0.717, 1.165) is 11.6 Å². The Bertz CT molecular complexity index is 472. The molecule has 0 saturated heterocycles. The van der Waals surface area contributed by atoms with Crippen molar-refractivity contribution in [1.82, 2.24) is 0 Å². The second kappa shape index (κ2) is 7.19. The van der Waals surface area contributed by atoms with Crippen LogP contribution in [0.5, 0.6) is 0 Å². The van der Waals surface area contributed by atoms with Gasteiger partial charge in [0.15, 0.2) is 0 Å². The zero-order valence-corrected chi connectivity index (χ0v) is 12.1. The average molecular weight is 369 g/mol. The monoisotopic (exact) mass is 369 g/mol. The third-order valence-corrected chi connectivity index (χ3v) is 3.29. The number of thiazole rings is 1. The maximum absolute atomic E-state index is 9.14. The molecule has 0 aliphatic carbocycles. The number of para-hydroxylation sites is 1. The van der Waals surface area contributed by atoms with E-state index in [9.17, 15) is 0 Å². The van der Waals surface area contributed by atoms with Gasteiger partial charge in [0.1, 0.15) is 17.9 Å². The fourth-order valence-electron chi connectivity index (χ4n) is 1.55. The van der Waals surface area contributed by atoms with Crippen LogP contribution in [0, 0.1) is 0 Å². The van der Waals surface area contributed by atoms with Gasteiger partial charge in [0.05, 0.1) is 0 Å². The first-order valence-electron chi connectivity index (χ1n) is 4.84. The Kier molecular flexibility index (Phi) is 6.23. The van der Waals surface area contributed by atoms with E-state index in [-0.39, 0.29) is 6.61 Å². The van der Waals surface area contributed by atoms with Gasteiger partial charge in [0, 0.05) is 6.07 Å². The fourth-order valence-corrected chi connectivity index (χ4v) is 2.63. The molecule has 0 unspecified atom stereocenters. The zero-order chi connectivity index (χ0) is 12.8. The van der Waals surface area contributed by atoms with Crippen LogP contribution in [-0.2, 0) is 13.2 Å². The molecule has 7 heteroatoms. The minimum atomic E-state index is -4.01. The van der Waals surface area contributed by atoms with Gasteiger partial charge in [0.25, 0.3) is 26.1 Å². The Balaban J connectivity index is 0.000000317. The van der Waals surface area contributed by atoms with E-state index in [2.05, 4.69) is 23.6 Å². The zero-order valence-electron chi connectivity index (χ0n) is 9.13. The van der Waals surface area contributed by atoms with E-state index >= 15 is 0 Å². The second-order valence-electron chi connectivity index (χ2n) is 3.05. The van der Waals surface area contributed by atoms with E-state index in [4.69, 9.17) is 15.4 Å². The van der Waals surface area contributed by atoms with Gasteiger partial charge in [-0.25, -0.2) is 0 Å². The number of hydrogen-bond acceptors (Lipinski definition) is 5. The quantitative estimate of drug-likeness (QED) is 0.425. The first-order valence-corrected chi connectivity index (χ1v) is 8.30. The summed E-state index contributed by atoms with van der Waals surface area (Å²) in [7, 11) is 0. The van der Waals surface area contributed by atoms with E-state index in [1.807, 2.05) is 12.1 Å². The number of benzene rings is 1. The smallest absolute Gasteiger partial charge is 0.282 e. The van der Waals surface area contributed by atoms with Gasteiger partial charge in [-0.1, -0.05) is 23.5 Å². The predicted octanol–water partition coefficient (Wildman–Crippen LogP) is -4.86. The summed E-state index contributed by atoms with van der Waals surface area (Å²) in [4.78, 5) is 0. The van der Waals surface area contributed by atoms with E-state index < -0.39 is 21.1 Å². The summed E-state index contributed by atoms with van der Waals surface area (Å²) in [5.74, 6) is 0. The van der Waals surface area contributed by atoms with Gasteiger partial charge in [-0.2, -0.15) is 4.57 Å². The SMILES string of the molecule is CC[n+]1c(CO)sc2ccccc21.[O-][I+2]([O-])[O-]. The van der Waals surface area contributed by atoms with Crippen LogP contribution in [0.1, 0.15) is 11.9 Å². The van der Waals surface area contributed by atoms with Gasteiger partial charge in [-0.3, -0.25) is 0 Å². The molecule has 1 aromatic heterocycles. The minimum absolute atomic E-state index is 0.132. The normalized spacial score (nSPS) is 10.5. The number of halogens is 1. The molecule has 94 valence electrons. The molecule has 17 heavy (non-hydrogen) atoms. The highest BCUT2D eigenvalue weighted by Gasteiger charge is 2.16. The lowest BCUT2D eigenvalue weighted by molar-refractivity contribution is -1.73. The van der Waals surface area contributed by atoms with Crippen molar-refractivity contribution in [2.24, 2.45) is 0 Å². The largest absolute Gasteiger partial charge is 0.427 e. The number of aryl methyl sites for hydroxylation is 1. The predicted molar refractivity (Wildman–Crippen MR) is 53.6 cm³/mol. The number of aliphatic hydroxyl groups excluding tert-OH is 1. The minimum Gasteiger partial charge on any atom is -0.427 e. The molecule has 1 heterocycles. The molecule has 0 aliphatic rings. The summed E-state index contributed by atoms with van der Waals surface area (Å²) in [5, 5.41) is 10.2. The molecular weight excluding hydrogens is 357 g/mol. The first-order chi connectivity index (χ1) is 8.10. The van der Waals surface area contributed by atoms with Crippen LogP contribution in [0.2, 0.25) is 0 Å². The molecule has 0 fully saturated rings. The number of hydrogen-bond donors (Lipinski definition) is 1. The van der Waals surface area contributed by atoms with Gasteiger partial charge in [-0.05, 0) is 13.0 Å². The maximum atomic E-state index is 9.14. The molecule has 5 nitrogen and oxygen atoms in total. The fraction of sp³-hybridized carbons (Fsp3) is 0.300. The van der Waals surface area contributed by atoms with Crippen molar-refractivity contribution >= 4 is 21.6 Å². The Labute approximate surface area is 112 Å². The third-order valence-electron chi connectivity index (χ3n) is 2.14. The van der Waals surface area contributed by atoms with Crippen LogP contribution in [-0.4, -0.2) is 5.11 Å². The van der Waals surface area contributed by atoms with Gasteiger partial charge in [-0.15, -0.1) is 0 Å². The van der Waals surface area contributed by atoms with Crippen LogP contribution in [0.3, 0.4) is 0 Å². The molecule has 2 rings (SSSR count). The van der Waals surface area contributed by atoms with Crippen molar-refractivity contribution in [2.75, 3.05) is 0 Å². The summed E-state index contributed by atoms with van der Waals surface area (Å²) >= 11 is -2.35. The Hall–Kier alpha value is -0.320. The molecule has 1 N–H and O–H groups in total. The number of aliphatic hydroxyl groups is 1. The molecule has 0 bridgehead atoms. The molecule has 0 amide bonds. The molecule has 0 aliphatic heterocycles. The number of rotatable bonds is 2. The van der Waals surface area contributed by atoms with Gasteiger partial charge < -0.3 is 15.4 Å². The van der Waals surface area contributed by atoms with Crippen molar-refractivity contribution in [3.8, 4) is 0 Å². The van der Waals surface area contributed by atoms with Crippen LogP contribution >= 0.6 is 11.3 Å². The van der Waals surface area contributed by atoms with Crippen LogP contribution in [0.25, 0.3) is 10.2 Å². The average Bonchev–Trinajstić information content (AvgIpc) is 2.65. The van der Waals surface area contributed by atoms with Crippen LogP contribution in [0.15, 0.2) is 24.3 Å². The standard InChI is InChI=1S/C10H12NOS.IO3/c1-2-11-8-5-3-4-6-9(8)13-10(11)7-12;2-1(3)4/h3-6,12H,2,7H2,1H3;/q+1;-1. The first kappa shape index (κ1) is 14.7. The lowest BCUT2D eigenvalue weighted by Crippen LogP contribution is -4.05. The third kappa shape index (κ3) is 4.12. The Morgan fingerprint density at radius 2 is 1.88 bits per heavy atom. The molecular formula is C10H12INO4S. The number of nitrogens with zero attached hydrogens (tertiary/aromatic N) is 1. The van der Waals surface area contributed by atoms with E-state index in [1.165, 1.54) is 10.2 Å². The Morgan fingerprint density at radius 3 is 2.41 bits per heavy atom. The summed E-state index contributed by atoms with van der Waals surface area (Å²) in [5.41, 5.74) is 1.22. The summed E-state index contributed by atoms with van der Waals surface area (Å²) in [6.45, 7) is 3.14. The van der Waals surface area contributed by atoms with Gasteiger partial charge >= 0.3 is 0 Å². The highest BCUT2D eigenvalue weighted by Crippen LogP contribution is 2.19. The van der Waals surface area contributed by atoms with Crippen molar-refractivity contribution in [2.45, 2.75) is 20.1 Å². The van der Waals surface area contributed by atoms with Crippen molar-refractivity contribution in [3.05, 3.63) is 29.3 Å². The molecule has 0 radical (unpaired) electrons. The van der Waals surface area contributed by atoms with Crippen LogP contribution in [0.4, 0.5) is 0 Å². The van der Waals surface area contributed by atoms with Crippen molar-refractivity contribution in [3.63, 3.8) is 0 Å². The molecule has 0 atom stereocenters. The van der Waals surface area contributed by atoms with E-state index in [0.29, 0.717) is 0 Å². The summed E-state index contributed by atoms with van der Waals surface area (Å²) in [6, 6.07) is 8.24. The maximum Gasteiger partial charge on any atom is 0.282 e. The van der Waals surface area contributed by atoms with E-state index in [1.54, 1.807) is 11.3 Å². The number of fused-ring (bicyclic) bond motifs is 1. The molecule has 0 saturated carbocycles. The lowest BCUT2D eigenvalue weighted by atomic mass is 10.3. The topological polar surface area (TPSA) is 93.3 Å². The molecule has 0 spiro atoms. The highest BCUT2D eigenvalue weighted by molar-refractivity contribution is 7.18. The van der Waals surface area contributed by atoms with Crippen molar-refractivity contribution in [1.29, 1.82) is 0 Å². The lowest BCUT2D eigenvalue weighted by Gasteiger charge is -1.90. The van der Waals surface area contributed by atoms with Gasteiger partial charge in [0.2, 0.25) is 5.52 Å². The van der Waals surface area contributed by atoms with Crippen molar-refractivity contribution < 1.29 is 41.0 Å². The second-order valence-corrected chi connectivity index (χ2v) is 5.25. The Morgan fingerprint density at radius 1 is 1.29 bits per heavy atom. The highest BCUT2D eigenvalue weighted by atomic mass is 127. The summed E-state index contributed by atoms with van der Waals surface area (Å²) in [6.07, 6.45) is 0.